The molecule has 19 heavy (non-hydrogen) atoms. The van der Waals surface area contributed by atoms with Crippen molar-refractivity contribution in [3.05, 3.63) is 35.4 Å². The number of benzene rings is 1. The molecule has 0 unspecified atom stereocenters. The maximum absolute atomic E-state index is 12.3. The van der Waals surface area contributed by atoms with E-state index >= 15 is 0 Å². The number of hydrogen-bond acceptors (Lipinski definition) is 2. The van der Waals surface area contributed by atoms with Gasteiger partial charge in [-0.15, -0.1) is 0 Å². The van der Waals surface area contributed by atoms with Gasteiger partial charge in [0.2, 0.25) is 0 Å². The molecule has 100 valence electrons. The Hall–Kier alpha value is -1.82. The standard InChI is InChI=1S/C16H20N2O/c1-3-16(2)8-10-18(11-9-16)15(19)14-6-4-13(12-17)5-7-14/h4-7H,3,8-11H2,1-2H3. The summed E-state index contributed by atoms with van der Waals surface area (Å²) in [5, 5.41) is 8.76. The van der Waals surface area contributed by atoms with Crippen LogP contribution in [0, 0.1) is 16.7 Å². The van der Waals surface area contributed by atoms with Gasteiger partial charge in [-0.25, -0.2) is 0 Å². The monoisotopic (exact) mass is 256 g/mol. The molecule has 0 saturated carbocycles. The quantitative estimate of drug-likeness (QED) is 0.815. The molecule has 0 atom stereocenters. The fourth-order valence-electron chi connectivity index (χ4n) is 2.47. The Morgan fingerprint density at radius 2 is 1.89 bits per heavy atom. The summed E-state index contributed by atoms with van der Waals surface area (Å²) in [5.41, 5.74) is 1.66. The van der Waals surface area contributed by atoms with E-state index in [9.17, 15) is 4.79 Å². The molecule has 1 aromatic rings. The highest BCUT2D eigenvalue weighted by Crippen LogP contribution is 2.34. The molecule has 1 aromatic carbocycles. The fourth-order valence-corrected chi connectivity index (χ4v) is 2.47. The molecule has 0 radical (unpaired) electrons. The van der Waals surface area contributed by atoms with Crippen LogP contribution < -0.4 is 0 Å². The molecule has 1 fully saturated rings. The van der Waals surface area contributed by atoms with Gasteiger partial charge in [-0.05, 0) is 42.5 Å². The molecule has 1 aliphatic rings. The number of carbonyl (C=O) groups is 1. The van der Waals surface area contributed by atoms with E-state index in [1.165, 1.54) is 6.42 Å². The van der Waals surface area contributed by atoms with Gasteiger partial charge in [0.25, 0.3) is 5.91 Å². The van der Waals surface area contributed by atoms with Crippen LogP contribution in [0.4, 0.5) is 0 Å². The first-order chi connectivity index (χ1) is 9.08. The Labute approximate surface area is 114 Å². The van der Waals surface area contributed by atoms with Crippen molar-refractivity contribution in [2.45, 2.75) is 33.1 Å². The Morgan fingerprint density at radius 3 is 2.37 bits per heavy atom. The van der Waals surface area contributed by atoms with Gasteiger partial charge in [0.05, 0.1) is 11.6 Å². The predicted octanol–water partition coefficient (Wildman–Crippen LogP) is 3.21. The van der Waals surface area contributed by atoms with E-state index in [2.05, 4.69) is 19.9 Å². The Bertz CT molecular complexity index is 490. The first-order valence-corrected chi connectivity index (χ1v) is 6.87. The topological polar surface area (TPSA) is 44.1 Å². The predicted molar refractivity (Wildman–Crippen MR) is 74.7 cm³/mol. The first-order valence-electron chi connectivity index (χ1n) is 6.87. The van der Waals surface area contributed by atoms with Gasteiger partial charge < -0.3 is 4.90 Å². The molecular weight excluding hydrogens is 236 g/mol. The first kappa shape index (κ1) is 13.6. The summed E-state index contributed by atoms with van der Waals surface area (Å²) in [6, 6.07) is 8.96. The van der Waals surface area contributed by atoms with Crippen LogP contribution in [0.15, 0.2) is 24.3 Å². The van der Waals surface area contributed by atoms with Crippen LogP contribution in [0.25, 0.3) is 0 Å². The third-order valence-electron chi connectivity index (χ3n) is 4.37. The van der Waals surface area contributed by atoms with Crippen molar-refractivity contribution >= 4 is 5.91 Å². The number of nitriles is 1. The minimum Gasteiger partial charge on any atom is -0.339 e. The molecule has 1 saturated heterocycles. The summed E-state index contributed by atoms with van der Waals surface area (Å²) >= 11 is 0. The largest absolute Gasteiger partial charge is 0.339 e. The normalized spacial score (nSPS) is 17.8. The molecule has 3 heteroatoms. The lowest BCUT2D eigenvalue weighted by Crippen LogP contribution is -2.41. The molecule has 0 spiro atoms. The molecule has 0 bridgehead atoms. The molecule has 0 N–H and O–H groups in total. The molecule has 2 rings (SSSR count). The zero-order chi connectivity index (χ0) is 13.9. The number of nitrogens with zero attached hydrogens (tertiary/aromatic N) is 2. The van der Waals surface area contributed by atoms with Gasteiger partial charge in [-0.2, -0.15) is 5.26 Å². The van der Waals surface area contributed by atoms with E-state index in [4.69, 9.17) is 5.26 Å². The summed E-state index contributed by atoms with van der Waals surface area (Å²) in [6.45, 7) is 6.20. The van der Waals surface area contributed by atoms with E-state index in [0.717, 1.165) is 25.9 Å². The Balaban J connectivity index is 2.03. The number of hydrogen-bond donors (Lipinski definition) is 0. The van der Waals surface area contributed by atoms with Gasteiger partial charge >= 0.3 is 0 Å². The summed E-state index contributed by atoms with van der Waals surface area (Å²) in [6.07, 6.45) is 3.32. The molecule has 1 heterocycles. The van der Waals surface area contributed by atoms with Crippen LogP contribution in [-0.2, 0) is 0 Å². The molecule has 0 aromatic heterocycles. The summed E-state index contributed by atoms with van der Waals surface area (Å²) in [7, 11) is 0. The van der Waals surface area contributed by atoms with Crippen LogP contribution in [0.3, 0.4) is 0 Å². The Kier molecular flexibility index (Phi) is 3.90. The zero-order valence-electron chi connectivity index (χ0n) is 11.6. The maximum Gasteiger partial charge on any atom is 0.253 e. The highest BCUT2D eigenvalue weighted by atomic mass is 16.2. The van der Waals surface area contributed by atoms with E-state index < -0.39 is 0 Å². The van der Waals surface area contributed by atoms with Crippen LogP contribution in [0.1, 0.15) is 49.0 Å². The molecule has 1 amide bonds. The summed E-state index contributed by atoms with van der Waals surface area (Å²) in [5.74, 6) is 0.0858. The van der Waals surface area contributed by atoms with Crippen LogP contribution in [0.2, 0.25) is 0 Å². The second kappa shape index (κ2) is 5.44. The van der Waals surface area contributed by atoms with Crippen LogP contribution >= 0.6 is 0 Å². The van der Waals surface area contributed by atoms with Crippen molar-refractivity contribution in [3.63, 3.8) is 0 Å². The highest BCUT2D eigenvalue weighted by molar-refractivity contribution is 5.94. The Morgan fingerprint density at radius 1 is 1.32 bits per heavy atom. The summed E-state index contributed by atoms with van der Waals surface area (Å²) in [4.78, 5) is 14.3. The number of piperidine rings is 1. The lowest BCUT2D eigenvalue weighted by atomic mass is 9.78. The third kappa shape index (κ3) is 2.96. The second-order valence-corrected chi connectivity index (χ2v) is 5.65. The molecule has 1 aliphatic heterocycles. The number of likely N-dealkylation sites (tertiary alicyclic amines) is 1. The van der Waals surface area contributed by atoms with Gasteiger partial charge in [0.1, 0.15) is 0 Å². The van der Waals surface area contributed by atoms with E-state index in [1.807, 2.05) is 4.90 Å². The lowest BCUT2D eigenvalue weighted by Gasteiger charge is -2.38. The van der Waals surface area contributed by atoms with Gasteiger partial charge in [0.15, 0.2) is 0 Å². The zero-order valence-corrected chi connectivity index (χ0v) is 11.6. The van der Waals surface area contributed by atoms with Crippen molar-refractivity contribution in [1.29, 1.82) is 5.26 Å². The molecule has 3 nitrogen and oxygen atoms in total. The molecular formula is C16H20N2O. The second-order valence-electron chi connectivity index (χ2n) is 5.65. The van der Waals surface area contributed by atoms with Gasteiger partial charge in [0, 0.05) is 18.7 Å². The van der Waals surface area contributed by atoms with Crippen molar-refractivity contribution in [1.82, 2.24) is 4.90 Å². The van der Waals surface area contributed by atoms with Crippen molar-refractivity contribution in [2.75, 3.05) is 13.1 Å². The smallest absolute Gasteiger partial charge is 0.253 e. The number of carbonyl (C=O) groups excluding carboxylic acids is 1. The van der Waals surface area contributed by atoms with E-state index in [-0.39, 0.29) is 5.91 Å². The fraction of sp³-hybridized carbons (Fsp3) is 0.500. The van der Waals surface area contributed by atoms with Gasteiger partial charge in [-0.1, -0.05) is 20.3 Å². The SMILES string of the molecule is CCC1(C)CCN(C(=O)c2ccc(C#N)cc2)CC1. The van der Waals surface area contributed by atoms with Crippen LogP contribution in [0.5, 0.6) is 0 Å². The van der Waals surface area contributed by atoms with Crippen molar-refractivity contribution in [3.8, 4) is 6.07 Å². The van der Waals surface area contributed by atoms with Crippen LogP contribution in [-0.4, -0.2) is 23.9 Å². The van der Waals surface area contributed by atoms with Gasteiger partial charge in [-0.3, -0.25) is 4.79 Å². The highest BCUT2D eigenvalue weighted by Gasteiger charge is 2.30. The maximum atomic E-state index is 12.3. The summed E-state index contributed by atoms with van der Waals surface area (Å²) < 4.78 is 0. The van der Waals surface area contributed by atoms with Crippen molar-refractivity contribution < 1.29 is 4.79 Å². The third-order valence-corrected chi connectivity index (χ3v) is 4.37. The van der Waals surface area contributed by atoms with E-state index in [0.29, 0.717) is 16.5 Å². The van der Waals surface area contributed by atoms with E-state index in [1.54, 1.807) is 24.3 Å². The minimum absolute atomic E-state index is 0.0858. The lowest BCUT2D eigenvalue weighted by molar-refractivity contribution is 0.0600. The molecule has 0 aliphatic carbocycles. The number of amides is 1. The average molecular weight is 256 g/mol. The number of rotatable bonds is 2. The minimum atomic E-state index is 0.0858. The van der Waals surface area contributed by atoms with Crippen molar-refractivity contribution in [2.24, 2.45) is 5.41 Å². The average Bonchev–Trinajstić information content (AvgIpc) is 2.47.